The maximum absolute atomic E-state index is 5.90. The van der Waals surface area contributed by atoms with E-state index in [9.17, 15) is 0 Å². The van der Waals surface area contributed by atoms with E-state index in [4.69, 9.17) is 4.74 Å². The van der Waals surface area contributed by atoms with E-state index in [1.54, 1.807) is 12.4 Å². The number of ether oxygens (including phenoxy) is 1. The molecule has 3 rings (SSSR count). The molecule has 3 heteroatoms. The highest BCUT2D eigenvalue weighted by Gasteiger charge is 2.04. The maximum atomic E-state index is 5.90. The maximum Gasteiger partial charge on any atom is 0.159 e. The summed E-state index contributed by atoms with van der Waals surface area (Å²) in [7, 11) is 0. The zero-order chi connectivity index (χ0) is 22.4. The molecule has 0 aliphatic rings. The third kappa shape index (κ3) is 8.11. The highest BCUT2D eigenvalue weighted by atomic mass is 16.5. The third-order valence-electron chi connectivity index (χ3n) is 5.91. The van der Waals surface area contributed by atoms with E-state index in [1.807, 2.05) is 0 Å². The van der Waals surface area contributed by atoms with Gasteiger partial charge in [0.2, 0.25) is 0 Å². The van der Waals surface area contributed by atoms with Crippen LogP contribution in [0.1, 0.15) is 81.9 Å². The van der Waals surface area contributed by atoms with Crippen LogP contribution in [-0.2, 0) is 19.4 Å². The van der Waals surface area contributed by atoms with E-state index in [2.05, 4.69) is 72.3 Å². The van der Waals surface area contributed by atoms with Crippen molar-refractivity contribution in [3.05, 3.63) is 77.6 Å². The summed E-state index contributed by atoms with van der Waals surface area (Å²) in [4.78, 5) is 9.00. The van der Waals surface area contributed by atoms with Crippen molar-refractivity contribution in [3.8, 4) is 17.1 Å². The van der Waals surface area contributed by atoms with Crippen molar-refractivity contribution in [2.75, 3.05) is 0 Å². The molecule has 0 atom stereocenters. The van der Waals surface area contributed by atoms with Gasteiger partial charge >= 0.3 is 0 Å². The Kier molecular flexibility index (Phi) is 10.2. The second-order valence-electron chi connectivity index (χ2n) is 8.67. The van der Waals surface area contributed by atoms with Gasteiger partial charge in [-0.25, -0.2) is 9.97 Å². The van der Waals surface area contributed by atoms with Gasteiger partial charge in [-0.1, -0.05) is 101 Å². The molecule has 0 aliphatic heterocycles. The molecule has 1 aromatic heterocycles. The Morgan fingerprint density at radius 3 is 1.72 bits per heavy atom. The molecular formula is C29H38N2O. The Bertz CT molecular complexity index is 886. The van der Waals surface area contributed by atoms with Gasteiger partial charge in [-0.3, -0.25) is 0 Å². The van der Waals surface area contributed by atoms with Gasteiger partial charge in [-0.2, -0.15) is 0 Å². The van der Waals surface area contributed by atoms with Gasteiger partial charge in [-0.15, -0.1) is 0 Å². The number of aryl methyl sites for hydroxylation is 2. The Labute approximate surface area is 194 Å². The SMILES string of the molecule is CCCCCCCc1ccc(COc2cnc(-c3ccc(CCCCC)cc3)nc2)cc1. The van der Waals surface area contributed by atoms with Gasteiger partial charge in [0, 0.05) is 5.56 Å². The average molecular weight is 431 g/mol. The van der Waals surface area contributed by atoms with Crippen LogP contribution < -0.4 is 4.74 Å². The fourth-order valence-electron chi connectivity index (χ4n) is 3.84. The predicted molar refractivity (Wildman–Crippen MR) is 134 cm³/mol. The molecule has 0 unspecified atom stereocenters. The number of unbranched alkanes of at least 4 members (excludes halogenated alkanes) is 6. The van der Waals surface area contributed by atoms with Crippen LogP contribution in [0.5, 0.6) is 5.75 Å². The van der Waals surface area contributed by atoms with E-state index in [0.717, 1.165) is 17.8 Å². The highest BCUT2D eigenvalue weighted by Crippen LogP contribution is 2.19. The minimum Gasteiger partial charge on any atom is -0.486 e. The molecule has 2 aromatic carbocycles. The normalized spacial score (nSPS) is 10.9. The number of nitrogens with zero attached hydrogens (tertiary/aromatic N) is 2. The largest absolute Gasteiger partial charge is 0.486 e. The van der Waals surface area contributed by atoms with Crippen molar-refractivity contribution >= 4 is 0 Å². The van der Waals surface area contributed by atoms with E-state index in [1.165, 1.54) is 74.5 Å². The van der Waals surface area contributed by atoms with Crippen molar-refractivity contribution < 1.29 is 4.74 Å². The third-order valence-corrected chi connectivity index (χ3v) is 5.91. The van der Waals surface area contributed by atoms with Crippen molar-refractivity contribution in [3.63, 3.8) is 0 Å². The van der Waals surface area contributed by atoms with Gasteiger partial charge < -0.3 is 4.74 Å². The van der Waals surface area contributed by atoms with Crippen LogP contribution in [0.15, 0.2) is 60.9 Å². The standard InChI is InChI=1S/C29H38N2O/c1-3-5-7-8-10-12-24-13-15-26(16-14-24)23-32-28-21-30-29(31-22-28)27-19-17-25(18-20-27)11-9-6-4-2/h13-22H,3-12,23H2,1-2H3. The predicted octanol–water partition coefficient (Wildman–Crippen LogP) is 7.97. The molecular weight excluding hydrogens is 392 g/mol. The molecule has 0 aliphatic carbocycles. The van der Waals surface area contributed by atoms with E-state index in [-0.39, 0.29) is 0 Å². The van der Waals surface area contributed by atoms with E-state index in [0.29, 0.717) is 12.4 Å². The summed E-state index contributed by atoms with van der Waals surface area (Å²) in [6.45, 7) is 5.03. The Morgan fingerprint density at radius 1 is 0.594 bits per heavy atom. The number of hydrogen-bond donors (Lipinski definition) is 0. The fourth-order valence-corrected chi connectivity index (χ4v) is 3.84. The topological polar surface area (TPSA) is 35.0 Å². The second kappa shape index (κ2) is 13.7. The molecule has 3 nitrogen and oxygen atoms in total. The van der Waals surface area contributed by atoms with Crippen molar-refractivity contribution in [2.45, 2.75) is 84.7 Å². The van der Waals surface area contributed by atoms with Crippen molar-refractivity contribution in [2.24, 2.45) is 0 Å². The molecule has 0 fully saturated rings. The Morgan fingerprint density at radius 2 is 1.09 bits per heavy atom. The van der Waals surface area contributed by atoms with Crippen LogP contribution in [-0.4, -0.2) is 9.97 Å². The summed E-state index contributed by atoms with van der Waals surface area (Å²) in [6, 6.07) is 17.4. The second-order valence-corrected chi connectivity index (χ2v) is 8.67. The minimum absolute atomic E-state index is 0.534. The summed E-state index contributed by atoms with van der Waals surface area (Å²) in [5.41, 5.74) is 5.00. The summed E-state index contributed by atoms with van der Waals surface area (Å²) in [6.07, 6.45) is 16.3. The summed E-state index contributed by atoms with van der Waals surface area (Å²) < 4.78 is 5.90. The van der Waals surface area contributed by atoms with Crippen molar-refractivity contribution in [1.29, 1.82) is 0 Å². The lowest BCUT2D eigenvalue weighted by molar-refractivity contribution is 0.303. The van der Waals surface area contributed by atoms with Gasteiger partial charge in [0.15, 0.2) is 11.6 Å². The molecule has 3 aromatic rings. The van der Waals surface area contributed by atoms with Gasteiger partial charge in [0.25, 0.3) is 0 Å². The molecule has 0 saturated heterocycles. The van der Waals surface area contributed by atoms with Gasteiger partial charge in [-0.05, 0) is 42.4 Å². The fraction of sp³-hybridized carbons (Fsp3) is 0.448. The Balaban J connectivity index is 1.44. The van der Waals surface area contributed by atoms with Crippen LogP contribution >= 0.6 is 0 Å². The quantitative estimate of drug-likeness (QED) is 0.243. The zero-order valence-electron chi connectivity index (χ0n) is 19.9. The first-order valence-corrected chi connectivity index (χ1v) is 12.4. The first-order chi connectivity index (χ1) is 15.8. The minimum atomic E-state index is 0.534. The lowest BCUT2D eigenvalue weighted by Crippen LogP contribution is -1.98. The molecule has 0 N–H and O–H groups in total. The van der Waals surface area contributed by atoms with Crippen LogP contribution in [0.2, 0.25) is 0 Å². The molecule has 32 heavy (non-hydrogen) atoms. The zero-order valence-corrected chi connectivity index (χ0v) is 19.9. The highest BCUT2D eigenvalue weighted by molar-refractivity contribution is 5.55. The molecule has 0 saturated carbocycles. The molecule has 0 radical (unpaired) electrons. The van der Waals surface area contributed by atoms with Crippen LogP contribution in [0.25, 0.3) is 11.4 Å². The molecule has 1 heterocycles. The summed E-state index contributed by atoms with van der Waals surface area (Å²) >= 11 is 0. The van der Waals surface area contributed by atoms with Crippen LogP contribution in [0, 0.1) is 0 Å². The summed E-state index contributed by atoms with van der Waals surface area (Å²) in [5, 5.41) is 0. The lowest BCUT2D eigenvalue weighted by Gasteiger charge is -2.08. The molecule has 0 amide bonds. The smallest absolute Gasteiger partial charge is 0.159 e. The van der Waals surface area contributed by atoms with E-state index < -0.39 is 0 Å². The first kappa shape index (κ1) is 24.0. The molecule has 0 bridgehead atoms. The van der Waals surface area contributed by atoms with Gasteiger partial charge in [0.1, 0.15) is 6.61 Å². The first-order valence-electron chi connectivity index (χ1n) is 12.4. The number of benzene rings is 2. The van der Waals surface area contributed by atoms with Gasteiger partial charge in [0.05, 0.1) is 12.4 Å². The summed E-state index contributed by atoms with van der Waals surface area (Å²) in [5.74, 6) is 1.44. The number of aromatic nitrogens is 2. The van der Waals surface area contributed by atoms with Crippen LogP contribution in [0.3, 0.4) is 0 Å². The lowest BCUT2D eigenvalue weighted by atomic mass is 10.0. The molecule has 170 valence electrons. The van der Waals surface area contributed by atoms with Crippen molar-refractivity contribution in [1.82, 2.24) is 9.97 Å². The average Bonchev–Trinajstić information content (AvgIpc) is 2.84. The Hall–Kier alpha value is -2.68. The number of hydrogen-bond acceptors (Lipinski definition) is 3. The van der Waals surface area contributed by atoms with E-state index >= 15 is 0 Å². The molecule has 0 spiro atoms. The number of rotatable bonds is 14. The monoisotopic (exact) mass is 430 g/mol. The van der Waals surface area contributed by atoms with Crippen LogP contribution in [0.4, 0.5) is 0 Å².